The molecule has 0 amide bonds. The SMILES string of the molecule is CC=C=Cc1ccc(SC)cc1. The molecule has 1 aromatic rings. The molecule has 0 bridgehead atoms. The molecule has 1 rings (SSSR count). The molecule has 0 aromatic heterocycles. The molecule has 0 N–H and O–H groups in total. The Hall–Kier alpha value is -0.910. The Morgan fingerprint density at radius 1 is 1.25 bits per heavy atom. The van der Waals surface area contributed by atoms with E-state index in [-0.39, 0.29) is 0 Å². The molecule has 1 heteroatoms. The summed E-state index contributed by atoms with van der Waals surface area (Å²) in [6.07, 6.45) is 5.96. The van der Waals surface area contributed by atoms with Crippen molar-refractivity contribution in [3.8, 4) is 0 Å². The average molecular weight is 176 g/mol. The summed E-state index contributed by atoms with van der Waals surface area (Å²) in [5.41, 5.74) is 4.25. The maximum absolute atomic E-state index is 3.05. The summed E-state index contributed by atoms with van der Waals surface area (Å²) in [4.78, 5) is 1.30. The maximum atomic E-state index is 3.05. The van der Waals surface area contributed by atoms with Gasteiger partial charge in [0.25, 0.3) is 0 Å². The minimum atomic E-state index is 1.20. The highest BCUT2D eigenvalue weighted by atomic mass is 32.2. The smallest absolute Gasteiger partial charge is 0.00695 e. The van der Waals surface area contributed by atoms with Gasteiger partial charge in [-0.05, 0) is 43.0 Å². The van der Waals surface area contributed by atoms with Crippen LogP contribution in [0.5, 0.6) is 0 Å². The quantitative estimate of drug-likeness (QED) is 0.490. The van der Waals surface area contributed by atoms with Crippen molar-refractivity contribution in [3.63, 3.8) is 0 Å². The van der Waals surface area contributed by atoms with Crippen molar-refractivity contribution in [1.82, 2.24) is 0 Å². The molecule has 62 valence electrons. The molecule has 0 saturated carbocycles. The van der Waals surface area contributed by atoms with Crippen LogP contribution in [0.3, 0.4) is 0 Å². The Balaban J connectivity index is 2.85. The lowest BCUT2D eigenvalue weighted by molar-refractivity contribution is 1.45. The second kappa shape index (κ2) is 4.87. The van der Waals surface area contributed by atoms with Crippen molar-refractivity contribution in [2.24, 2.45) is 0 Å². The van der Waals surface area contributed by atoms with Gasteiger partial charge in [-0.1, -0.05) is 12.1 Å². The summed E-state index contributed by atoms with van der Waals surface area (Å²) in [6, 6.07) is 8.44. The minimum Gasteiger partial charge on any atom is -0.130 e. The third-order valence-corrected chi connectivity index (χ3v) is 2.28. The normalized spacial score (nSPS) is 8.83. The first-order chi connectivity index (χ1) is 5.86. The van der Waals surface area contributed by atoms with E-state index < -0.39 is 0 Å². The molecular weight excluding hydrogens is 164 g/mol. The van der Waals surface area contributed by atoms with Crippen molar-refractivity contribution in [2.75, 3.05) is 6.26 Å². The summed E-state index contributed by atoms with van der Waals surface area (Å²) < 4.78 is 0. The highest BCUT2D eigenvalue weighted by molar-refractivity contribution is 7.98. The maximum Gasteiger partial charge on any atom is 0.00695 e. The lowest BCUT2D eigenvalue weighted by Crippen LogP contribution is -1.71. The van der Waals surface area contributed by atoms with E-state index in [0.29, 0.717) is 0 Å². The summed E-state index contributed by atoms with van der Waals surface area (Å²) in [6.45, 7) is 1.97. The van der Waals surface area contributed by atoms with E-state index in [1.165, 1.54) is 10.5 Å². The van der Waals surface area contributed by atoms with Crippen LogP contribution < -0.4 is 0 Å². The van der Waals surface area contributed by atoms with E-state index >= 15 is 0 Å². The first-order valence-corrected chi connectivity index (χ1v) is 5.10. The Labute approximate surface area is 78.0 Å². The standard InChI is InChI=1S/C11H12S/c1-3-4-5-10-6-8-11(12-2)9-7-10/h3,5-9H,1-2H3. The van der Waals surface area contributed by atoms with Crippen LogP contribution in [0.4, 0.5) is 0 Å². The van der Waals surface area contributed by atoms with Crippen LogP contribution in [0.2, 0.25) is 0 Å². The van der Waals surface area contributed by atoms with Crippen LogP contribution in [-0.4, -0.2) is 6.26 Å². The van der Waals surface area contributed by atoms with Gasteiger partial charge in [0.2, 0.25) is 0 Å². The molecule has 0 nitrogen and oxygen atoms in total. The Morgan fingerprint density at radius 3 is 2.42 bits per heavy atom. The summed E-state index contributed by atoms with van der Waals surface area (Å²) >= 11 is 1.76. The Kier molecular flexibility index (Phi) is 3.72. The van der Waals surface area contributed by atoms with Gasteiger partial charge in [0.05, 0.1) is 0 Å². The lowest BCUT2D eigenvalue weighted by Gasteiger charge is -1.94. The van der Waals surface area contributed by atoms with E-state index in [9.17, 15) is 0 Å². The van der Waals surface area contributed by atoms with Crippen LogP contribution in [0, 0.1) is 0 Å². The third-order valence-electron chi connectivity index (χ3n) is 1.53. The first-order valence-electron chi connectivity index (χ1n) is 3.88. The van der Waals surface area contributed by atoms with Gasteiger partial charge < -0.3 is 0 Å². The van der Waals surface area contributed by atoms with Gasteiger partial charge in [0.15, 0.2) is 0 Å². The van der Waals surface area contributed by atoms with Crippen molar-refractivity contribution in [3.05, 3.63) is 41.6 Å². The Morgan fingerprint density at radius 2 is 1.92 bits per heavy atom. The summed E-state index contributed by atoms with van der Waals surface area (Å²) in [5.74, 6) is 0. The van der Waals surface area contributed by atoms with Gasteiger partial charge in [0, 0.05) is 4.90 Å². The molecule has 0 unspecified atom stereocenters. The minimum absolute atomic E-state index is 1.20. The van der Waals surface area contributed by atoms with E-state index in [0.717, 1.165) is 0 Å². The molecule has 0 aliphatic heterocycles. The van der Waals surface area contributed by atoms with E-state index in [2.05, 4.69) is 36.3 Å². The zero-order valence-corrected chi connectivity index (χ0v) is 8.19. The first kappa shape index (κ1) is 9.18. The van der Waals surface area contributed by atoms with Crippen LogP contribution >= 0.6 is 11.8 Å². The Bertz CT molecular complexity index is 289. The monoisotopic (exact) mass is 176 g/mol. The van der Waals surface area contributed by atoms with Crippen LogP contribution in [0.15, 0.2) is 41.0 Å². The van der Waals surface area contributed by atoms with Gasteiger partial charge >= 0.3 is 0 Å². The number of rotatable bonds is 2. The van der Waals surface area contributed by atoms with Crippen molar-refractivity contribution in [1.29, 1.82) is 0 Å². The molecule has 0 radical (unpaired) electrons. The third kappa shape index (κ3) is 2.61. The van der Waals surface area contributed by atoms with Crippen LogP contribution in [0.1, 0.15) is 12.5 Å². The topological polar surface area (TPSA) is 0 Å². The van der Waals surface area contributed by atoms with Crippen molar-refractivity contribution >= 4 is 17.8 Å². The number of thioether (sulfide) groups is 1. The number of hydrogen-bond donors (Lipinski definition) is 0. The molecule has 0 spiro atoms. The van der Waals surface area contributed by atoms with Crippen molar-refractivity contribution < 1.29 is 0 Å². The van der Waals surface area contributed by atoms with Crippen LogP contribution in [-0.2, 0) is 0 Å². The fourth-order valence-electron chi connectivity index (χ4n) is 0.880. The molecule has 0 aliphatic rings. The van der Waals surface area contributed by atoms with Crippen LogP contribution in [0.25, 0.3) is 6.08 Å². The number of hydrogen-bond acceptors (Lipinski definition) is 1. The van der Waals surface area contributed by atoms with Gasteiger partial charge in [-0.3, -0.25) is 0 Å². The average Bonchev–Trinajstić information content (AvgIpc) is 2.15. The fraction of sp³-hybridized carbons (Fsp3) is 0.182. The predicted molar refractivity (Wildman–Crippen MR) is 56.4 cm³/mol. The molecule has 0 heterocycles. The summed E-state index contributed by atoms with van der Waals surface area (Å²) in [7, 11) is 0. The molecule has 1 aromatic carbocycles. The second-order valence-electron chi connectivity index (χ2n) is 2.37. The molecule has 0 saturated heterocycles. The highest BCUT2D eigenvalue weighted by Crippen LogP contribution is 2.15. The van der Waals surface area contributed by atoms with Gasteiger partial charge in [-0.2, -0.15) is 0 Å². The number of benzene rings is 1. The van der Waals surface area contributed by atoms with Gasteiger partial charge in [-0.15, -0.1) is 17.5 Å². The zero-order valence-electron chi connectivity index (χ0n) is 7.37. The lowest BCUT2D eigenvalue weighted by atomic mass is 10.2. The predicted octanol–water partition coefficient (Wildman–Crippen LogP) is 3.60. The van der Waals surface area contributed by atoms with E-state index in [1.54, 1.807) is 11.8 Å². The van der Waals surface area contributed by atoms with Gasteiger partial charge in [0.1, 0.15) is 0 Å². The highest BCUT2D eigenvalue weighted by Gasteiger charge is 1.87. The van der Waals surface area contributed by atoms with Crippen molar-refractivity contribution in [2.45, 2.75) is 11.8 Å². The largest absolute Gasteiger partial charge is 0.130 e. The van der Waals surface area contributed by atoms with E-state index in [1.807, 2.05) is 19.1 Å². The molecule has 0 fully saturated rings. The number of allylic oxidation sites excluding steroid dienone is 1. The molecule has 12 heavy (non-hydrogen) atoms. The zero-order chi connectivity index (χ0) is 8.81. The fourth-order valence-corrected chi connectivity index (χ4v) is 1.29. The molecular formula is C11H12S. The second-order valence-corrected chi connectivity index (χ2v) is 3.25. The van der Waals surface area contributed by atoms with E-state index in [4.69, 9.17) is 0 Å². The summed E-state index contributed by atoms with van der Waals surface area (Å²) in [5, 5.41) is 0. The van der Waals surface area contributed by atoms with Gasteiger partial charge in [-0.25, -0.2) is 0 Å². The molecule has 0 aliphatic carbocycles. The molecule has 0 atom stereocenters.